The summed E-state index contributed by atoms with van der Waals surface area (Å²) in [6.07, 6.45) is 0. The lowest BCUT2D eigenvalue weighted by Gasteiger charge is -2.20. The predicted octanol–water partition coefficient (Wildman–Crippen LogP) is 1.83. The molecule has 4 heteroatoms. The molecule has 0 radical (unpaired) electrons. The van der Waals surface area contributed by atoms with Gasteiger partial charge in [0.2, 0.25) is 0 Å². The molecular weight excluding hydrogens is 218 g/mol. The first-order valence-corrected chi connectivity index (χ1v) is 5.60. The number of ether oxygens (including phenoxy) is 1. The van der Waals surface area contributed by atoms with E-state index in [1.165, 1.54) is 5.56 Å². The standard InChI is InChI=1S/C13H19NO3/c1-10-4-6-11(7-5-10)17-9-8-14-13(2,3)12(15)16/h4-7,14H,8-9H2,1-3H3,(H,15,16). The van der Waals surface area contributed by atoms with Gasteiger partial charge in [0.05, 0.1) is 0 Å². The summed E-state index contributed by atoms with van der Waals surface area (Å²) in [5, 5.41) is 11.8. The molecule has 0 fully saturated rings. The van der Waals surface area contributed by atoms with Crippen LogP contribution in [-0.4, -0.2) is 29.8 Å². The maximum absolute atomic E-state index is 10.8. The van der Waals surface area contributed by atoms with Gasteiger partial charge in [-0.15, -0.1) is 0 Å². The van der Waals surface area contributed by atoms with Gasteiger partial charge in [-0.3, -0.25) is 10.1 Å². The smallest absolute Gasteiger partial charge is 0.323 e. The molecule has 0 unspecified atom stereocenters. The average molecular weight is 237 g/mol. The molecule has 0 spiro atoms. The topological polar surface area (TPSA) is 58.6 Å². The second kappa shape index (κ2) is 5.68. The van der Waals surface area contributed by atoms with Crippen LogP contribution in [0, 0.1) is 6.92 Å². The Hall–Kier alpha value is -1.55. The predicted molar refractivity (Wildman–Crippen MR) is 66.4 cm³/mol. The van der Waals surface area contributed by atoms with Crippen molar-refractivity contribution in [3.63, 3.8) is 0 Å². The van der Waals surface area contributed by atoms with Crippen molar-refractivity contribution in [3.05, 3.63) is 29.8 Å². The van der Waals surface area contributed by atoms with Gasteiger partial charge < -0.3 is 9.84 Å². The van der Waals surface area contributed by atoms with Gasteiger partial charge in [-0.25, -0.2) is 0 Å². The number of aryl methyl sites for hydroxylation is 1. The third-order valence-corrected chi connectivity index (χ3v) is 2.49. The Morgan fingerprint density at radius 3 is 2.47 bits per heavy atom. The van der Waals surface area contributed by atoms with Crippen LogP contribution in [0.3, 0.4) is 0 Å². The first-order valence-electron chi connectivity index (χ1n) is 5.60. The Morgan fingerprint density at radius 2 is 1.94 bits per heavy atom. The molecular formula is C13H19NO3. The molecule has 4 nitrogen and oxygen atoms in total. The Morgan fingerprint density at radius 1 is 1.35 bits per heavy atom. The Bertz CT molecular complexity index is 371. The van der Waals surface area contributed by atoms with Gasteiger partial charge in [-0.1, -0.05) is 17.7 Å². The molecule has 1 aromatic rings. The zero-order chi connectivity index (χ0) is 12.9. The van der Waals surface area contributed by atoms with Gasteiger partial charge in [0, 0.05) is 6.54 Å². The second-order valence-electron chi connectivity index (χ2n) is 4.52. The van der Waals surface area contributed by atoms with Crippen LogP contribution in [0.2, 0.25) is 0 Å². The van der Waals surface area contributed by atoms with E-state index >= 15 is 0 Å². The molecule has 0 bridgehead atoms. The number of hydrogen-bond donors (Lipinski definition) is 2. The molecule has 94 valence electrons. The van der Waals surface area contributed by atoms with Gasteiger partial charge in [0.15, 0.2) is 0 Å². The molecule has 0 aliphatic heterocycles. The fraction of sp³-hybridized carbons (Fsp3) is 0.462. The van der Waals surface area contributed by atoms with E-state index in [0.717, 1.165) is 5.75 Å². The van der Waals surface area contributed by atoms with Crippen LogP contribution < -0.4 is 10.1 Å². The number of carboxylic acids is 1. The van der Waals surface area contributed by atoms with Crippen molar-refractivity contribution in [2.24, 2.45) is 0 Å². The molecule has 1 aromatic carbocycles. The monoisotopic (exact) mass is 237 g/mol. The highest BCUT2D eigenvalue weighted by molar-refractivity contribution is 5.77. The normalized spacial score (nSPS) is 11.2. The van der Waals surface area contributed by atoms with E-state index in [1.807, 2.05) is 31.2 Å². The van der Waals surface area contributed by atoms with E-state index in [1.54, 1.807) is 13.8 Å². The van der Waals surface area contributed by atoms with Crippen molar-refractivity contribution < 1.29 is 14.6 Å². The zero-order valence-corrected chi connectivity index (χ0v) is 10.5. The molecule has 17 heavy (non-hydrogen) atoms. The van der Waals surface area contributed by atoms with Crippen LogP contribution in [0.15, 0.2) is 24.3 Å². The quantitative estimate of drug-likeness (QED) is 0.741. The first-order chi connectivity index (χ1) is 7.92. The van der Waals surface area contributed by atoms with E-state index in [-0.39, 0.29) is 0 Å². The van der Waals surface area contributed by atoms with E-state index in [4.69, 9.17) is 9.84 Å². The second-order valence-corrected chi connectivity index (χ2v) is 4.52. The van der Waals surface area contributed by atoms with Crippen LogP contribution in [0.5, 0.6) is 5.75 Å². The van der Waals surface area contributed by atoms with E-state index in [9.17, 15) is 4.79 Å². The third kappa shape index (κ3) is 4.44. The van der Waals surface area contributed by atoms with Gasteiger partial charge >= 0.3 is 5.97 Å². The van der Waals surface area contributed by atoms with Crippen molar-refractivity contribution in [2.75, 3.05) is 13.2 Å². The minimum absolute atomic E-state index is 0.444. The highest BCUT2D eigenvalue weighted by Gasteiger charge is 2.25. The van der Waals surface area contributed by atoms with Crippen molar-refractivity contribution in [3.8, 4) is 5.75 Å². The summed E-state index contributed by atoms with van der Waals surface area (Å²) in [6.45, 7) is 6.20. The number of benzene rings is 1. The van der Waals surface area contributed by atoms with Crippen molar-refractivity contribution in [1.29, 1.82) is 0 Å². The van der Waals surface area contributed by atoms with Crippen molar-refractivity contribution in [1.82, 2.24) is 5.32 Å². The maximum atomic E-state index is 10.8. The lowest BCUT2D eigenvalue weighted by molar-refractivity contribution is -0.143. The summed E-state index contributed by atoms with van der Waals surface area (Å²) in [7, 11) is 0. The Labute approximate surface area is 102 Å². The van der Waals surface area contributed by atoms with Crippen LogP contribution in [0.1, 0.15) is 19.4 Å². The Balaban J connectivity index is 2.29. The summed E-state index contributed by atoms with van der Waals surface area (Å²) in [5.74, 6) is -0.0710. The van der Waals surface area contributed by atoms with E-state index in [2.05, 4.69) is 5.32 Å². The van der Waals surface area contributed by atoms with Crippen LogP contribution in [-0.2, 0) is 4.79 Å². The molecule has 0 saturated heterocycles. The van der Waals surface area contributed by atoms with E-state index in [0.29, 0.717) is 13.2 Å². The summed E-state index contributed by atoms with van der Waals surface area (Å²) >= 11 is 0. The van der Waals surface area contributed by atoms with Crippen LogP contribution in [0.4, 0.5) is 0 Å². The number of rotatable bonds is 6. The molecule has 0 aromatic heterocycles. The molecule has 0 aliphatic carbocycles. The molecule has 0 aliphatic rings. The minimum Gasteiger partial charge on any atom is -0.492 e. The van der Waals surface area contributed by atoms with Crippen molar-refractivity contribution >= 4 is 5.97 Å². The Kier molecular flexibility index (Phi) is 4.52. The number of nitrogens with one attached hydrogen (secondary N) is 1. The molecule has 0 atom stereocenters. The fourth-order valence-electron chi connectivity index (χ4n) is 1.24. The fourth-order valence-corrected chi connectivity index (χ4v) is 1.24. The van der Waals surface area contributed by atoms with Crippen LogP contribution in [0.25, 0.3) is 0 Å². The van der Waals surface area contributed by atoms with Crippen molar-refractivity contribution in [2.45, 2.75) is 26.3 Å². The van der Waals surface area contributed by atoms with E-state index < -0.39 is 11.5 Å². The number of hydrogen-bond acceptors (Lipinski definition) is 3. The summed E-state index contributed by atoms with van der Waals surface area (Å²) in [6, 6.07) is 7.75. The number of aliphatic carboxylic acids is 1. The summed E-state index contributed by atoms with van der Waals surface area (Å²) < 4.78 is 5.48. The summed E-state index contributed by atoms with van der Waals surface area (Å²) in [4.78, 5) is 10.8. The number of carboxylic acid groups (broad SMARTS) is 1. The highest BCUT2D eigenvalue weighted by atomic mass is 16.5. The average Bonchev–Trinajstić information content (AvgIpc) is 2.26. The zero-order valence-electron chi connectivity index (χ0n) is 10.5. The SMILES string of the molecule is Cc1ccc(OCCNC(C)(C)C(=O)O)cc1. The van der Waals surface area contributed by atoms with Crippen LogP contribution >= 0.6 is 0 Å². The number of carbonyl (C=O) groups is 1. The maximum Gasteiger partial charge on any atom is 0.323 e. The molecule has 2 N–H and O–H groups in total. The first kappa shape index (κ1) is 13.5. The van der Waals surface area contributed by atoms with Gasteiger partial charge in [0.1, 0.15) is 17.9 Å². The summed E-state index contributed by atoms with van der Waals surface area (Å²) in [5.41, 5.74) is 0.263. The lowest BCUT2D eigenvalue weighted by Crippen LogP contribution is -2.48. The third-order valence-electron chi connectivity index (χ3n) is 2.49. The lowest BCUT2D eigenvalue weighted by atomic mass is 10.1. The van der Waals surface area contributed by atoms with Gasteiger partial charge in [0.25, 0.3) is 0 Å². The molecule has 0 heterocycles. The van der Waals surface area contributed by atoms with Gasteiger partial charge in [-0.2, -0.15) is 0 Å². The molecule has 0 saturated carbocycles. The van der Waals surface area contributed by atoms with Gasteiger partial charge in [-0.05, 0) is 32.9 Å². The molecule has 1 rings (SSSR count). The molecule has 0 amide bonds. The largest absolute Gasteiger partial charge is 0.492 e. The minimum atomic E-state index is -0.920. The highest BCUT2D eigenvalue weighted by Crippen LogP contribution is 2.11.